The van der Waals surface area contributed by atoms with Gasteiger partial charge in [-0.25, -0.2) is 5.43 Å². The highest BCUT2D eigenvalue weighted by Gasteiger charge is 2.64. The predicted octanol–water partition coefficient (Wildman–Crippen LogP) is 3.62. The minimum Gasteiger partial charge on any atom is -0.273 e. The normalized spacial score (nSPS) is 31.9. The van der Waals surface area contributed by atoms with Gasteiger partial charge in [0.25, 0.3) is 0 Å². The van der Waals surface area contributed by atoms with E-state index in [0.717, 1.165) is 5.56 Å². The molecule has 3 rings (SSSR count). The summed E-state index contributed by atoms with van der Waals surface area (Å²) in [6, 6.07) is 7.39. The van der Waals surface area contributed by atoms with Gasteiger partial charge in [-0.15, -0.1) is 0 Å². The Bertz CT molecular complexity index is 557. The number of rotatable bonds is 3. The molecular formula is C16H19ClN2O. The first-order chi connectivity index (χ1) is 9.61. The lowest BCUT2D eigenvalue weighted by Crippen LogP contribution is -2.22. The zero-order chi connectivity index (χ0) is 14.2. The second kappa shape index (κ2) is 5.21. The SMILES string of the molecule is CC12CCCCC1C2C(=O)N/N=C/c1cccc(Cl)c1. The van der Waals surface area contributed by atoms with E-state index in [4.69, 9.17) is 11.6 Å². The molecule has 20 heavy (non-hydrogen) atoms. The van der Waals surface area contributed by atoms with E-state index in [1.165, 1.54) is 25.7 Å². The van der Waals surface area contributed by atoms with Gasteiger partial charge in [-0.05, 0) is 41.9 Å². The third-order valence-corrected chi connectivity index (χ3v) is 5.09. The Hall–Kier alpha value is -1.35. The first-order valence-electron chi connectivity index (χ1n) is 7.20. The number of halogens is 1. The van der Waals surface area contributed by atoms with Gasteiger partial charge in [0, 0.05) is 10.9 Å². The quantitative estimate of drug-likeness (QED) is 0.670. The maximum Gasteiger partial charge on any atom is 0.244 e. The smallest absolute Gasteiger partial charge is 0.244 e. The van der Waals surface area contributed by atoms with Crippen molar-refractivity contribution in [2.45, 2.75) is 32.6 Å². The first kappa shape index (κ1) is 13.6. The molecule has 0 bridgehead atoms. The lowest BCUT2D eigenvalue weighted by Gasteiger charge is -2.15. The molecule has 0 aliphatic heterocycles. The van der Waals surface area contributed by atoms with Gasteiger partial charge in [0.1, 0.15) is 0 Å². The highest BCUT2D eigenvalue weighted by molar-refractivity contribution is 6.30. The molecule has 0 radical (unpaired) electrons. The second-order valence-electron chi connectivity index (χ2n) is 6.13. The van der Waals surface area contributed by atoms with Crippen LogP contribution in [0.15, 0.2) is 29.4 Å². The van der Waals surface area contributed by atoms with Crippen LogP contribution in [0, 0.1) is 17.3 Å². The van der Waals surface area contributed by atoms with Gasteiger partial charge in [-0.3, -0.25) is 4.79 Å². The standard InChI is InChI=1S/C16H19ClN2O/c1-16-8-3-2-7-13(16)14(16)15(20)19-18-10-11-5-4-6-12(17)9-11/h4-6,9-10,13-14H,2-3,7-8H2,1H3,(H,19,20)/b18-10+. The minimum atomic E-state index is 0.0673. The summed E-state index contributed by atoms with van der Waals surface area (Å²) in [5.74, 6) is 0.789. The largest absolute Gasteiger partial charge is 0.273 e. The molecule has 0 heterocycles. The molecule has 1 aromatic carbocycles. The Morgan fingerprint density at radius 1 is 1.50 bits per heavy atom. The van der Waals surface area contributed by atoms with Crippen molar-refractivity contribution in [1.82, 2.24) is 5.43 Å². The number of carbonyl (C=O) groups is 1. The van der Waals surface area contributed by atoms with Crippen LogP contribution < -0.4 is 5.43 Å². The highest BCUT2D eigenvalue weighted by atomic mass is 35.5. The average molecular weight is 291 g/mol. The minimum absolute atomic E-state index is 0.0673. The maximum absolute atomic E-state index is 12.2. The van der Waals surface area contributed by atoms with Crippen LogP contribution in [0.3, 0.4) is 0 Å². The summed E-state index contributed by atoms with van der Waals surface area (Å²) in [6.45, 7) is 2.24. The van der Waals surface area contributed by atoms with Gasteiger partial charge in [0.2, 0.25) is 5.91 Å². The Kier molecular flexibility index (Phi) is 3.55. The van der Waals surface area contributed by atoms with Crippen molar-refractivity contribution in [3.63, 3.8) is 0 Å². The van der Waals surface area contributed by atoms with E-state index < -0.39 is 0 Å². The summed E-state index contributed by atoms with van der Waals surface area (Å²) >= 11 is 5.90. The summed E-state index contributed by atoms with van der Waals surface area (Å²) in [4.78, 5) is 12.2. The second-order valence-corrected chi connectivity index (χ2v) is 6.56. The fourth-order valence-corrected chi connectivity index (χ4v) is 3.88. The van der Waals surface area contributed by atoms with Crippen LogP contribution in [0.4, 0.5) is 0 Å². The molecule has 2 fully saturated rings. The van der Waals surface area contributed by atoms with Crippen molar-refractivity contribution < 1.29 is 4.79 Å². The third-order valence-electron chi connectivity index (χ3n) is 4.85. The molecule has 0 spiro atoms. The van der Waals surface area contributed by atoms with E-state index in [0.29, 0.717) is 10.9 Å². The zero-order valence-electron chi connectivity index (χ0n) is 11.6. The summed E-state index contributed by atoms with van der Waals surface area (Å²) in [6.07, 6.45) is 6.51. The fourth-order valence-electron chi connectivity index (χ4n) is 3.68. The Labute approximate surface area is 124 Å². The lowest BCUT2D eigenvalue weighted by molar-refractivity contribution is -0.123. The maximum atomic E-state index is 12.2. The van der Waals surface area contributed by atoms with Crippen LogP contribution in [0.25, 0.3) is 0 Å². The molecule has 3 unspecified atom stereocenters. The number of fused-ring (bicyclic) bond motifs is 1. The number of benzene rings is 1. The van der Waals surface area contributed by atoms with Crippen LogP contribution in [0.2, 0.25) is 5.02 Å². The number of nitrogens with zero attached hydrogens (tertiary/aromatic N) is 1. The summed E-state index contributed by atoms with van der Waals surface area (Å²) in [5.41, 5.74) is 3.80. The van der Waals surface area contributed by atoms with Gasteiger partial charge in [-0.2, -0.15) is 5.10 Å². The zero-order valence-corrected chi connectivity index (χ0v) is 12.4. The number of hydrogen-bond acceptors (Lipinski definition) is 2. The van der Waals surface area contributed by atoms with Gasteiger partial charge in [0.05, 0.1) is 6.21 Å². The number of amides is 1. The molecule has 1 aromatic rings. The molecule has 4 heteroatoms. The molecule has 1 N–H and O–H groups in total. The molecule has 2 aliphatic carbocycles. The van der Waals surface area contributed by atoms with Crippen molar-refractivity contribution in [3.05, 3.63) is 34.9 Å². The number of nitrogens with one attached hydrogen (secondary N) is 1. The molecule has 0 saturated heterocycles. The average Bonchev–Trinajstić information content (AvgIpc) is 3.04. The van der Waals surface area contributed by atoms with Crippen molar-refractivity contribution >= 4 is 23.7 Å². The van der Waals surface area contributed by atoms with Crippen LogP contribution >= 0.6 is 11.6 Å². The van der Waals surface area contributed by atoms with Crippen molar-refractivity contribution in [2.24, 2.45) is 22.4 Å². The van der Waals surface area contributed by atoms with Crippen LogP contribution in [-0.2, 0) is 4.79 Å². The summed E-state index contributed by atoms with van der Waals surface area (Å²) < 4.78 is 0. The van der Waals surface area contributed by atoms with E-state index in [1.807, 2.05) is 24.3 Å². The molecule has 1 amide bonds. The fraction of sp³-hybridized carbons (Fsp3) is 0.500. The van der Waals surface area contributed by atoms with Crippen molar-refractivity contribution in [3.8, 4) is 0 Å². The van der Waals surface area contributed by atoms with Crippen molar-refractivity contribution in [2.75, 3.05) is 0 Å². The number of hydrogen-bond donors (Lipinski definition) is 1. The Morgan fingerprint density at radius 2 is 2.35 bits per heavy atom. The van der Waals surface area contributed by atoms with E-state index >= 15 is 0 Å². The van der Waals surface area contributed by atoms with Gasteiger partial charge in [0.15, 0.2) is 0 Å². The Morgan fingerprint density at radius 3 is 3.05 bits per heavy atom. The molecule has 3 nitrogen and oxygen atoms in total. The molecule has 2 aliphatic rings. The molecule has 0 aromatic heterocycles. The van der Waals surface area contributed by atoms with E-state index in [9.17, 15) is 4.79 Å². The molecule has 3 atom stereocenters. The predicted molar refractivity (Wildman–Crippen MR) is 80.7 cm³/mol. The van der Waals surface area contributed by atoms with Gasteiger partial charge in [-0.1, -0.05) is 43.5 Å². The first-order valence-corrected chi connectivity index (χ1v) is 7.57. The van der Waals surface area contributed by atoms with E-state index in [-0.39, 0.29) is 17.2 Å². The van der Waals surface area contributed by atoms with Crippen LogP contribution in [-0.4, -0.2) is 12.1 Å². The monoisotopic (exact) mass is 290 g/mol. The Balaban J connectivity index is 1.58. The number of carbonyl (C=O) groups excluding carboxylic acids is 1. The van der Waals surface area contributed by atoms with Gasteiger partial charge >= 0.3 is 0 Å². The highest BCUT2D eigenvalue weighted by Crippen LogP contribution is 2.66. The molecule has 2 saturated carbocycles. The van der Waals surface area contributed by atoms with Gasteiger partial charge < -0.3 is 0 Å². The molecular weight excluding hydrogens is 272 g/mol. The topological polar surface area (TPSA) is 41.5 Å². The third kappa shape index (κ3) is 2.47. The van der Waals surface area contributed by atoms with E-state index in [1.54, 1.807) is 6.21 Å². The summed E-state index contributed by atoms with van der Waals surface area (Å²) in [5, 5.41) is 4.72. The van der Waals surface area contributed by atoms with Crippen LogP contribution in [0.5, 0.6) is 0 Å². The van der Waals surface area contributed by atoms with Crippen molar-refractivity contribution in [1.29, 1.82) is 0 Å². The summed E-state index contributed by atoms with van der Waals surface area (Å²) in [7, 11) is 0. The van der Waals surface area contributed by atoms with Crippen LogP contribution in [0.1, 0.15) is 38.2 Å². The van der Waals surface area contributed by atoms with E-state index in [2.05, 4.69) is 17.5 Å². The lowest BCUT2D eigenvalue weighted by atomic mass is 9.90. The molecule has 106 valence electrons. The number of hydrazone groups is 1.